The fraction of sp³-hybridized carbons (Fsp3) is 0.600. The van der Waals surface area contributed by atoms with E-state index in [1.165, 1.54) is 0 Å². The zero-order valence-electron chi connectivity index (χ0n) is 13.1. The summed E-state index contributed by atoms with van der Waals surface area (Å²) < 4.78 is 10.3. The molecule has 1 atom stereocenters. The molecule has 0 saturated carbocycles. The van der Waals surface area contributed by atoms with Crippen molar-refractivity contribution in [3.8, 4) is 0 Å². The quantitative estimate of drug-likeness (QED) is 0.866. The summed E-state index contributed by atoms with van der Waals surface area (Å²) in [5.41, 5.74) is 0.353. The zero-order chi connectivity index (χ0) is 15.7. The Morgan fingerprint density at radius 2 is 2.18 bits per heavy atom. The number of piperidine rings is 1. The van der Waals surface area contributed by atoms with E-state index in [0.717, 1.165) is 12.8 Å². The van der Waals surface area contributed by atoms with Crippen LogP contribution in [0.4, 0.5) is 0 Å². The lowest BCUT2D eigenvalue weighted by molar-refractivity contribution is 0.0685. The lowest BCUT2D eigenvalue weighted by Gasteiger charge is -2.30. The van der Waals surface area contributed by atoms with Crippen LogP contribution >= 0.6 is 0 Å². The van der Waals surface area contributed by atoms with Crippen LogP contribution in [0.25, 0.3) is 0 Å². The van der Waals surface area contributed by atoms with Crippen LogP contribution in [0.3, 0.4) is 0 Å². The molecular formula is C15H20N4O3. The van der Waals surface area contributed by atoms with E-state index < -0.39 is 0 Å². The monoisotopic (exact) mass is 304 g/mol. The standard InChI is InChI=1S/C15H20N4O3/c1-9(2)13-16-14(22-18-13)11-5-4-6-19(8-11)15(20)12-7-10(3)21-17-12/h7,9,11H,4-6,8H2,1-3H3/t11-/m1/s1. The van der Waals surface area contributed by atoms with Crippen molar-refractivity contribution >= 4 is 5.91 Å². The molecule has 0 aliphatic carbocycles. The lowest BCUT2D eigenvalue weighted by Crippen LogP contribution is -2.39. The van der Waals surface area contributed by atoms with E-state index >= 15 is 0 Å². The van der Waals surface area contributed by atoms with Crippen molar-refractivity contribution in [2.24, 2.45) is 0 Å². The van der Waals surface area contributed by atoms with Crippen molar-refractivity contribution in [2.45, 2.75) is 45.4 Å². The van der Waals surface area contributed by atoms with Crippen LogP contribution in [0.1, 0.15) is 66.5 Å². The van der Waals surface area contributed by atoms with Crippen molar-refractivity contribution in [1.82, 2.24) is 20.2 Å². The highest BCUT2D eigenvalue weighted by atomic mass is 16.5. The van der Waals surface area contributed by atoms with E-state index in [1.54, 1.807) is 17.9 Å². The largest absolute Gasteiger partial charge is 0.361 e. The predicted molar refractivity (Wildman–Crippen MR) is 77.5 cm³/mol. The minimum atomic E-state index is -0.106. The molecule has 118 valence electrons. The van der Waals surface area contributed by atoms with Gasteiger partial charge in [-0.15, -0.1) is 0 Å². The SMILES string of the molecule is Cc1cc(C(=O)N2CCC[C@@H](c3nc(C(C)C)no3)C2)no1. The highest BCUT2D eigenvalue weighted by molar-refractivity contribution is 5.92. The number of carbonyl (C=O) groups excluding carboxylic acids is 1. The molecule has 1 aliphatic rings. The minimum Gasteiger partial charge on any atom is -0.361 e. The molecule has 7 heteroatoms. The number of rotatable bonds is 3. The van der Waals surface area contributed by atoms with Gasteiger partial charge in [0.15, 0.2) is 11.5 Å². The third-order valence-corrected chi connectivity index (χ3v) is 3.88. The first-order valence-electron chi connectivity index (χ1n) is 7.60. The first kappa shape index (κ1) is 14.7. The maximum Gasteiger partial charge on any atom is 0.276 e. The van der Waals surface area contributed by atoms with Crippen LogP contribution in [0.5, 0.6) is 0 Å². The Morgan fingerprint density at radius 3 is 2.82 bits per heavy atom. The number of hydrogen-bond donors (Lipinski definition) is 0. The Labute approximate surface area is 128 Å². The van der Waals surface area contributed by atoms with Crippen molar-refractivity contribution in [3.63, 3.8) is 0 Å². The number of likely N-dealkylation sites (tertiary alicyclic amines) is 1. The normalized spacial score (nSPS) is 18.9. The molecule has 1 aliphatic heterocycles. The van der Waals surface area contributed by atoms with E-state index in [4.69, 9.17) is 9.05 Å². The van der Waals surface area contributed by atoms with E-state index in [-0.39, 0.29) is 17.7 Å². The molecule has 3 heterocycles. The fourth-order valence-corrected chi connectivity index (χ4v) is 2.64. The van der Waals surface area contributed by atoms with Crippen LogP contribution in [0, 0.1) is 6.92 Å². The van der Waals surface area contributed by atoms with Crippen molar-refractivity contribution in [2.75, 3.05) is 13.1 Å². The summed E-state index contributed by atoms with van der Waals surface area (Å²) in [6.07, 6.45) is 1.86. The third kappa shape index (κ3) is 2.88. The Morgan fingerprint density at radius 1 is 1.36 bits per heavy atom. The summed E-state index contributed by atoms with van der Waals surface area (Å²) in [6.45, 7) is 7.11. The second kappa shape index (κ2) is 5.90. The van der Waals surface area contributed by atoms with Crippen molar-refractivity contribution in [1.29, 1.82) is 0 Å². The maximum absolute atomic E-state index is 12.4. The van der Waals surface area contributed by atoms with E-state index in [0.29, 0.717) is 36.3 Å². The zero-order valence-corrected chi connectivity index (χ0v) is 13.1. The second-order valence-electron chi connectivity index (χ2n) is 6.06. The van der Waals surface area contributed by atoms with Crippen molar-refractivity contribution < 1.29 is 13.8 Å². The third-order valence-electron chi connectivity index (χ3n) is 3.88. The molecule has 2 aromatic rings. The van der Waals surface area contributed by atoms with Gasteiger partial charge in [0.2, 0.25) is 5.89 Å². The summed E-state index contributed by atoms with van der Waals surface area (Å²) in [4.78, 5) is 18.7. The number of nitrogens with zero attached hydrogens (tertiary/aromatic N) is 4. The molecule has 0 radical (unpaired) electrons. The van der Waals surface area contributed by atoms with Gasteiger partial charge in [-0.25, -0.2) is 0 Å². The number of carbonyl (C=O) groups is 1. The molecule has 0 bridgehead atoms. The van der Waals surface area contributed by atoms with Gasteiger partial charge in [0.1, 0.15) is 5.76 Å². The Balaban J connectivity index is 1.72. The van der Waals surface area contributed by atoms with Gasteiger partial charge < -0.3 is 13.9 Å². The van der Waals surface area contributed by atoms with Crippen molar-refractivity contribution in [3.05, 3.63) is 29.2 Å². The molecule has 1 fully saturated rings. The molecule has 3 rings (SSSR count). The minimum absolute atomic E-state index is 0.0886. The fourth-order valence-electron chi connectivity index (χ4n) is 2.64. The Hall–Kier alpha value is -2.18. The lowest BCUT2D eigenvalue weighted by atomic mass is 9.97. The smallest absolute Gasteiger partial charge is 0.276 e. The van der Waals surface area contributed by atoms with Crippen LogP contribution < -0.4 is 0 Å². The van der Waals surface area contributed by atoms with Gasteiger partial charge in [0.05, 0.1) is 5.92 Å². The summed E-state index contributed by atoms with van der Waals surface area (Å²) in [5, 5.41) is 7.80. The topological polar surface area (TPSA) is 85.3 Å². The molecule has 1 amide bonds. The highest BCUT2D eigenvalue weighted by Gasteiger charge is 2.30. The maximum atomic E-state index is 12.4. The van der Waals surface area contributed by atoms with Gasteiger partial charge in [-0.2, -0.15) is 4.98 Å². The molecule has 22 heavy (non-hydrogen) atoms. The van der Waals surface area contributed by atoms with Gasteiger partial charge >= 0.3 is 0 Å². The molecular weight excluding hydrogens is 284 g/mol. The number of amides is 1. The van der Waals surface area contributed by atoms with Gasteiger partial charge in [-0.3, -0.25) is 4.79 Å². The predicted octanol–water partition coefficient (Wildman–Crippen LogP) is 2.51. The molecule has 7 nitrogen and oxygen atoms in total. The average molecular weight is 304 g/mol. The van der Waals surface area contributed by atoms with Gasteiger partial charge in [0.25, 0.3) is 5.91 Å². The second-order valence-corrected chi connectivity index (χ2v) is 6.06. The van der Waals surface area contributed by atoms with Crippen LogP contribution in [-0.2, 0) is 0 Å². The summed E-state index contributed by atoms with van der Waals surface area (Å²) in [7, 11) is 0. The number of aryl methyl sites for hydroxylation is 1. The summed E-state index contributed by atoms with van der Waals surface area (Å²) in [5.74, 6) is 2.19. The highest BCUT2D eigenvalue weighted by Crippen LogP contribution is 2.27. The molecule has 0 spiro atoms. The first-order valence-corrected chi connectivity index (χ1v) is 7.60. The summed E-state index contributed by atoms with van der Waals surface area (Å²) in [6, 6.07) is 1.66. The molecule has 0 unspecified atom stereocenters. The van der Waals surface area contributed by atoms with Gasteiger partial charge in [-0.1, -0.05) is 24.2 Å². The number of hydrogen-bond acceptors (Lipinski definition) is 6. The van der Waals surface area contributed by atoms with Gasteiger partial charge in [0, 0.05) is 25.1 Å². The average Bonchev–Trinajstić information content (AvgIpc) is 3.15. The molecule has 0 aromatic carbocycles. The molecule has 2 aromatic heterocycles. The van der Waals surface area contributed by atoms with Crippen LogP contribution in [0.2, 0.25) is 0 Å². The van der Waals surface area contributed by atoms with Crippen LogP contribution in [-0.4, -0.2) is 39.2 Å². The van der Waals surface area contributed by atoms with E-state index in [9.17, 15) is 4.79 Å². The van der Waals surface area contributed by atoms with E-state index in [2.05, 4.69) is 15.3 Å². The Kier molecular flexibility index (Phi) is 3.96. The summed E-state index contributed by atoms with van der Waals surface area (Å²) >= 11 is 0. The van der Waals surface area contributed by atoms with Crippen LogP contribution in [0.15, 0.2) is 15.1 Å². The van der Waals surface area contributed by atoms with E-state index in [1.807, 2.05) is 13.8 Å². The molecule has 1 saturated heterocycles. The van der Waals surface area contributed by atoms with Gasteiger partial charge in [-0.05, 0) is 19.8 Å². The molecule has 0 N–H and O–H groups in total. The first-order chi connectivity index (χ1) is 10.5. The number of aromatic nitrogens is 3. The Bertz CT molecular complexity index is 661.